The fourth-order valence-electron chi connectivity index (χ4n) is 1.38. The molecule has 0 bridgehead atoms. The Bertz CT molecular complexity index is 341. The summed E-state index contributed by atoms with van der Waals surface area (Å²) in [6.07, 6.45) is 0. The molecule has 0 unspecified atom stereocenters. The third-order valence-electron chi connectivity index (χ3n) is 2.08. The summed E-state index contributed by atoms with van der Waals surface area (Å²) in [4.78, 5) is 12.2. The molecule has 1 aromatic carbocycles. The molecule has 15 heavy (non-hydrogen) atoms. The monoisotopic (exact) mass is 209 g/mol. The molecular weight excluding hydrogens is 194 g/mol. The largest absolute Gasteiger partial charge is 0.329 e. The van der Waals surface area contributed by atoms with Gasteiger partial charge in [-0.05, 0) is 12.6 Å². The van der Waals surface area contributed by atoms with Crippen LogP contribution in [0.15, 0.2) is 24.3 Å². The van der Waals surface area contributed by atoms with Crippen LogP contribution in [-0.4, -0.2) is 30.0 Å². The number of nitrogens with zero attached hydrogens (tertiary/aromatic N) is 2. The van der Waals surface area contributed by atoms with E-state index in [0.717, 1.165) is 12.1 Å². The van der Waals surface area contributed by atoms with E-state index in [-0.39, 0.29) is 10.6 Å². The standard InChI is InChI=1S/C10H15N3O2/c1-12(6-5-11)8-9-3-2-4-10(7-9)13(14)15/h2-4,7H,5-6,8,11H2,1H3. The molecular formula is C10H15N3O2. The van der Waals surface area contributed by atoms with Crippen LogP contribution in [0.3, 0.4) is 0 Å². The first-order valence-corrected chi connectivity index (χ1v) is 4.75. The number of nitro benzene ring substituents is 1. The van der Waals surface area contributed by atoms with Crippen LogP contribution in [0.1, 0.15) is 5.56 Å². The maximum absolute atomic E-state index is 10.5. The molecule has 0 aliphatic carbocycles. The number of rotatable bonds is 5. The molecule has 0 heterocycles. The molecule has 0 radical (unpaired) electrons. The number of likely N-dealkylation sites (N-methyl/N-ethyl adjacent to an activating group) is 1. The van der Waals surface area contributed by atoms with Crippen LogP contribution in [0.4, 0.5) is 5.69 Å². The molecule has 0 saturated carbocycles. The molecule has 0 aliphatic rings. The highest BCUT2D eigenvalue weighted by Crippen LogP contribution is 2.13. The van der Waals surface area contributed by atoms with Crippen molar-refractivity contribution in [3.63, 3.8) is 0 Å². The molecule has 0 aliphatic heterocycles. The van der Waals surface area contributed by atoms with Crippen molar-refractivity contribution in [2.24, 2.45) is 5.73 Å². The van der Waals surface area contributed by atoms with Gasteiger partial charge in [-0.25, -0.2) is 0 Å². The van der Waals surface area contributed by atoms with Crippen LogP contribution in [0.2, 0.25) is 0 Å². The molecule has 82 valence electrons. The van der Waals surface area contributed by atoms with Crippen LogP contribution < -0.4 is 5.73 Å². The third-order valence-corrected chi connectivity index (χ3v) is 2.08. The minimum Gasteiger partial charge on any atom is -0.329 e. The Kier molecular flexibility index (Phi) is 4.20. The summed E-state index contributed by atoms with van der Waals surface area (Å²) in [5.41, 5.74) is 6.48. The summed E-state index contributed by atoms with van der Waals surface area (Å²) in [6.45, 7) is 2.05. The summed E-state index contributed by atoms with van der Waals surface area (Å²) < 4.78 is 0. The second-order valence-corrected chi connectivity index (χ2v) is 3.45. The first-order chi connectivity index (χ1) is 7.13. The van der Waals surface area contributed by atoms with Gasteiger partial charge in [-0.3, -0.25) is 10.1 Å². The zero-order chi connectivity index (χ0) is 11.3. The Hall–Kier alpha value is -1.46. The van der Waals surface area contributed by atoms with Crippen LogP contribution >= 0.6 is 0 Å². The smallest absolute Gasteiger partial charge is 0.269 e. The number of nitrogens with two attached hydrogens (primary N) is 1. The third kappa shape index (κ3) is 3.65. The van der Waals surface area contributed by atoms with Crippen LogP contribution in [0, 0.1) is 10.1 Å². The average Bonchev–Trinajstić information content (AvgIpc) is 2.18. The highest BCUT2D eigenvalue weighted by Gasteiger charge is 2.06. The lowest BCUT2D eigenvalue weighted by Crippen LogP contribution is -2.24. The number of non-ortho nitro benzene ring substituents is 1. The topological polar surface area (TPSA) is 72.4 Å². The van der Waals surface area contributed by atoms with E-state index in [1.165, 1.54) is 6.07 Å². The molecule has 0 amide bonds. The number of hydrogen-bond acceptors (Lipinski definition) is 4. The van der Waals surface area contributed by atoms with Crippen molar-refractivity contribution in [2.45, 2.75) is 6.54 Å². The molecule has 1 aromatic rings. The summed E-state index contributed by atoms with van der Waals surface area (Å²) >= 11 is 0. The van der Waals surface area contributed by atoms with Gasteiger partial charge < -0.3 is 10.6 Å². The van der Waals surface area contributed by atoms with Crippen molar-refractivity contribution in [1.82, 2.24) is 4.90 Å². The second-order valence-electron chi connectivity index (χ2n) is 3.45. The average molecular weight is 209 g/mol. The molecule has 0 fully saturated rings. The molecule has 1 rings (SSSR count). The number of hydrogen-bond donors (Lipinski definition) is 1. The number of benzene rings is 1. The molecule has 2 N–H and O–H groups in total. The normalized spacial score (nSPS) is 10.6. The minimum atomic E-state index is -0.383. The van der Waals surface area contributed by atoms with Crippen LogP contribution in [0.25, 0.3) is 0 Å². The van der Waals surface area contributed by atoms with E-state index in [1.54, 1.807) is 12.1 Å². The molecule has 0 aromatic heterocycles. The summed E-state index contributed by atoms with van der Waals surface area (Å²) in [5, 5.41) is 10.5. The van der Waals surface area contributed by atoms with E-state index in [2.05, 4.69) is 0 Å². The Morgan fingerprint density at radius 1 is 1.53 bits per heavy atom. The fourth-order valence-corrected chi connectivity index (χ4v) is 1.38. The van der Waals surface area contributed by atoms with Crippen molar-refractivity contribution in [1.29, 1.82) is 0 Å². The quantitative estimate of drug-likeness (QED) is 0.579. The molecule has 0 atom stereocenters. The van der Waals surface area contributed by atoms with Gasteiger partial charge in [0, 0.05) is 31.8 Å². The first-order valence-electron chi connectivity index (χ1n) is 4.75. The van der Waals surface area contributed by atoms with E-state index in [1.807, 2.05) is 18.0 Å². The predicted octanol–water partition coefficient (Wildman–Crippen LogP) is 0.985. The van der Waals surface area contributed by atoms with Crippen molar-refractivity contribution >= 4 is 5.69 Å². The lowest BCUT2D eigenvalue weighted by atomic mass is 10.2. The van der Waals surface area contributed by atoms with E-state index in [0.29, 0.717) is 13.1 Å². The first kappa shape index (κ1) is 11.6. The van der Waals surface area contributed by atoms with Gasteiger partial charge in [0.1, 0.15) is 0 Å². The van der Waals surface area contributed by atoms with Crippen molar-refractivity contribution in [3.8, 4) is 0 Å². The maximum Gasteiger partial charge on any atom is 0.269 e. The SMILES string of the molecule is CN(CCN)Cc1cccc([N+](=O)[O-])c1. The molecule has 0 saturated heterocycles. The fraction of sp³-hybridized carbons (Fsp3) is 0.400. The second kappa shape index (κ2) is 5.43. The Labute approximate surface area is 88.6 Å². The highest BCUT2D eigenvalue weighted by atomic mass is 16.6. The van der Waals surface area contributed by atoms with E-state index < -0.39 is 0 Å². The zero-order valence-electron chi connectivity index (χ0n) is 8.72. The summed E-state index contributed by atoms with van der Waals surface area (Å²) in [7, 11) is 1.94. The lowest BCUT2D eigenvalue weighted by molar-refractivity contribution is -0.384. The van der Waals surface area contributed by atoms with E-state index >= 15 is 0 Å². The Morgan fingerprint density at radius 2 is 2.27 bits per heavy atom. The molecule has 5 heteroatoms. The van der Waals surface area contributed by atoms with Crippen molar-refractivity contribution < 1.29 is 4.92 Å². The minimum absolute atomic E-state index is 0.133. The Balaban J connectivity index is 2.69. The van der Waals surface area contributed by atoms with Gasteiger partial charge in [-0.2, -0.15) is 0 Å². The molecule has 5 nitrogen and oxygen atoms in total. The van der Waals surface area contributed by atoms with Gasteiger partial charge in [-0.15, -0.1) is 0 Å². The van der Waals surface area contributed by atoms with Crippen molar-refractivity contribution in [3.05, 3.63) is 39.9 Å². The van der Waals surface area contributed by atoms with E-state index in [4.69, 9.17) is 5.73 Å². The number of nitro groups is 1. The van der Waals surface area contributed by atoms with Crippen molar-refractivity contribution in [2.75, 3.05) is 20.1 Å². The van der Waals surface area contributed by atoms with Crippen LogP contribution in [-0.2, 0) is 6.54 Å². The predicted molar refractivity (Wildman–Crippen MR) is 58.5 cm³/mol. The van der Waals surface area contributed by atoms with Gasteiger partial charge >= 0.3 is 0 Å². The summed E-state index contributed by atoms with van der Waals surface area (Å²) in [6, 6.07) is 6.66. The lowest BCUT2D eigenvalue weighted by Gasteiger charge is -2.14. The zero-order valence-corrected chi connectivity index (χ0v) is 8.72. The van der Waals surface area contributed by atoms with Gasteiger partial charge in [0.15, 0.2) is 0 Å². The highest BCUT2D eigenvalue weighted by molar-refractivity contribution is 5.34. The molecule has 0 spiro atoms. The van der Waals surface area contributed by atoms with Gasteiger partial charge in [0.25, 0.3) is 5.69 Å². The van der Waals surface area contributed by atoms with Gasteiger partial charge in [0.05, 0.1) is 4.92 Å². The maximum atomic E-state index is 10.5. The summed E-state index contributed by atoms with van der Waals surface area (Å²) in [5.74, 6) is 0. The Morgan fingerprint density at radius 3 is 2.87 bits per heavy atom. The van der Waals surface area contributed by atoms with Gasteiger partial charge in [-0.1, -0.05) is 12.1 Å². The van der Waals surface area contributed by atoms with Crippen LogP contribution in [0.5, 0.6) is 0 Å². The van der Waals surface area contributed by atoms with Gasteiger partial charge in [0.2, 0.25) is 0 Å². The van der Waals surface area contributed by atoms with E-state index in [9.17, 15) is 10.1 Å².